The average Bonchev–Trinajstić information content (AvgIpc) is 3.22. The molecule has 0 bridgehead atoms. The summed E-state index contributed by atoms with van der Waals surface area (Å²) in [6, 6.07) is 21.8. The van der Waals surface area contributed by atoms with Gasteiger partial charge in [-0.05, 0) is 72.3 Å². The molecule has 3 nitrogen and oxygen atoms in total. The fourth-order valence-corrected chi connectivity index (χ4v) is 3.39. The molecule has 0 amide bonds. The van der Waals surface area contributed by atoms with Gasteiger partial charge in [0.2, 0.25) is 0 Å². The van der Waals surface area contributed by atoms with Gasteiger partial charge in [-0.25, -0.2) is 0 Å². The summed E-state index contributed by atoms with van der Waals surface area (Å²) in [4.78, 5) is 4.07. The highest BCUT2D eigenvalue weighted by Gasteiger charge is 2.14. The molecule has 2 aromatic carbocycles. The quantitative estimate of drug-likeness (QED) is 0.661. The van der Waals surface area contributed by atoms with E-state index in [1.807, 2.05) is 24.5 Å². The van der Waals surface area contributed by atoms with Crippen molar-refractivity contribution in [1.82, 2.24) is 10.3 Å². The number of nitrogens with zero attached hydrogens (tertiary/aromatic N) is 1. The van der Waals surface area contributed by atoms with Crippen LogP contribution in [-0.2, 0) is 6.42 Å². The van der Waals surface area contributed by atoms with Gasteiger partial charge >= 0.3 is 0 Å². The van der Waals surface area contributed by atoms with Crippen LogP contribution in [0.15, 0.2) is 73.1 Å². The van der Waals surface area contributed by atoms with E-state index in [0.29, 0.717) is 6.04 Å². The smallest absolute Gasteiger partial charge is 0.119 e. The van der Waals surface area contributed by atoms with Crippen molar-refractivity contribution in [1.29, 1.82) is 0 Å². The second-order valence-electron chi connectivity index (χ2n) is 6.86. The summed E-state index contributed by atoms with van der Waals surface area (Å²) in [7, 11) is 0. The number of nitrogens with one attached hydrogen (secondary N) is 1. The van der Waals surface area contributed by atoms with Crippen LogP contribution in [0.1, 0.15) is 24.0 Å². The van der Waals surface area contributed by atoms with Crippen molar-refractivity contribution in [2.75, 3.05) is 13.2 Å². The van der Waals surface area contributed by atoms with Crippen molar-refractivity contribution < 1.29 is 4.74 Å². The molecule has 1 fully saturated rings. The van der Waals surface area contributed by atoms with Crippen LogP contribution < -0.4 is 10.1 Å². The lowest BCUT2D eigenvalue weighted by Gasteiger charge is -2.12. The predicted molar refractivity (Wildman–Crippen MR) is 113 cm³/mol. The molecular formula is C23H25ClN2O. The number of rotatable bonds is 6. The van der Waals surface area contributed by atoms with E-state index in [2.05, 4.69) is 58.8 Å². The number of benzene rings is 2. The first-order valence-electron chi connectivity index (χ1n) is 9.31. The van der Waals surface area contributed by atoms with E-state index in [4.69, 9.17) is 4.74 Å². The van der Waals surface area contributed by atoms with Gasteiger partial charge in [-0.15, -0.1) is 12.4 Å². The van der Waals surface area contributed by atoms with Crippen LogP contribution >= 0.6 is 12.4 Å². The topological polar surface area (TPSA) is 34.1 Å². The minimum absolute atomic E-state index is 0. The van der Waals surface area contributed by atoms with Gasteiger partial charge in [0.1, 0.15) is 12.4 Å². The van der Waals surface area contributed by atoms with Gasteiger partial charge in [-0.1, -0.05) is 36.4 Å². The van der Waals surface area contributed by atoms with Crippen LogP contribution in [0.2, 0.25) is 0 Å². The highest BCUT2D eigenvalue weighted by atomic mass is 35.5. The number of halogens is 1. The zero-order valence-corrected chi connectivity index (χ0v) is 16.1. The van der Waals surface area contributed by atoms with Crippen molar-refractivity contribution in [3.05, 3.63) is 84.2 Å². The zero-order chi connectivity index (χ0) is 17.6. The first kappa shape index (κ1) is 19.4. The fraction of sp³-hybridized carbons (Fsp3) is 0.261. The predicted octanol–water partition coefficient (Wildman–Crippen LogP) is 4.89. The molecule has 3 aromatic rings. The maximum Gasteiger partial charge on any atom is 0.119 e. The third-order valence-electron chi connectivity index (χ3n) is 4.91. The summed E-state index contributed by atoms with van der Waals surface area (Å²) >= 11 is 0. The molecule has 4 rings (SSSR count). The number of ether oxygens (including phenoxy) is 1. The normalized spacial score (nSPS) is 15.9. The van der Waals surface area contributed by atoms with E-state index in [-0.39, 0.29) is 12.4 Å². The van der Waals surface area contributed by atoms with Crippen LogP contribution in [0, 0.1) is 0 Å². The molecule has 140 valence electrons. The van der Waals surface area contributed by atoms with Crippen molar-refractivity contribution >= 4 is 12.4 Å². The average molecular weight is 381 g/mol. The summed E-state index contributed by atoms with van der Waals surface area (Å²) in [6.07, 6.45) is 7.06. The zero-order valence-electron chi connectivity index (χ0n) is 15.3. The van der Waals surface area contributed by atoms with Crippen LogP contribution in [-0.4, -0.2) is 24.2 Å². The molecule has 0 aliphatic carbocycles. The molecule has 4 heteroatoms. The molecule has 0 radical (unpaired) electrons. The maximum absolute atomic E-state index is 5.89. The summed E-state index contributed by atoms with van der Waals surface area (Å²) in [5.41, 5.74) is 5.03. The summed E-state index contributed by atoms with van der Waals surface area (Å²) in [6.45, 7) is 1.88. The van der Waals surface area contributed by atoms with E-state index in [9.17, 15) is 0 Å². The van der Waals surface area contributed by atoms with Crippen molar-refractivity contribution in [2.45, 2.75) is 25.3 Å². The lowest BCUT2D eigenvalue weighted by Crippen LogP contribution is -2.28. The third kappa shape index (κ3) is 5.31. The lowest BCUT2D eigenvalue weighted by molar-refractivity contribution is 0.277. The molecule has 1 aromatic heterocycles. The monoisotopic (exact) mass is 380 g/mol. The van der Waals surface area contributed by atoms with E-state index < -0.39 is 0 Å². The Bertz CT molecular complexity index is 813. The third-order valence-corrected chi connectivity index (χ3v) is 4.91. The SMILES string of the molecule is Cl.c1cc(-c2ccc(Cc3ccc(OCC4CCCN4)cc3)cc2)ccn1. The van der Waals surface area contributed by atoms with Gasteiger partial charge in [-0.3, -0.25) is 4.98 Å². The molecule has 1 unspecified atom stereocenters. The van der Waals surface area contributed by atoms with Gasteiger partial charge in [0.25, 0.3) is 0 Å². The van der Waals surface area contributed by atoms with Crippen molar-refractivity contribution in [3.8, 4) is 16.9 Å². The minimum atomic E-state index is 0. The molecular weight excluding hydrogens is 356 g/mol. The van der Waals surface area contributed by atoms with E-state index in [1.54, 1.807) is 0 Å². The fourth-order valence-electron chi connectivity index (χ4n) is 3.39. The Balaban J connectivity index is 0.00000210. The Kier molecular flexibility index (Phi) is 6.86. The molecule has 1 atom stereocenters. The first-order chi connectivity index (χ1) is 12.9. The molecule has 0 spiro atoms. The molecule has 1 aliphatic heterocycles. The lowest BCUT2D eigenvalue weighted by atomic mass is 10.0. The Morgan fingerprint density at radius 1 is 0.852 bits per heavy atom. The Hall–Kier alpha value is -2.36. The van der Waals surface area contributed by atoms with Crippen molar-refractivity contribution in [2.24, 2.45) is 0 Å². The second-order valence-corrected chi connectivity index (χ2v) is 6.86. The van der Waals surface area contributed by atoms with E-state index >= 15 is 0 Å². The van der Waals surface area contributed by atoms with Gasteiger partial charge in [-0.2, -0.15) is 0 Å². The Labute approximate surface area is 167 Å². The largest absolute Gasteiger partial charge is 0.492 e. The van der Waals surface area contributed by atoms with Crippen LogP contribution in [0.5, 0.6) is 5.75 Å². The highest BCUT2D eigenvalue weighted by molar-refractivity contribution is 5.85. The van der Waals surface area contributed by atoms with Gasteiger partial charge in [0, 0.05) is 18.4 Å². The first-order valence-corrected chi connectivity index (χ1v) is 9.31. The Morgan fingerprint density at radius 2 is 1.48 bits per heavy atom. The van der Waals surface area contributed by atoms with Gasteiger partial charge in [0.05, 0.1) is 0 Å². The van der Waals surface area contributed by atoms with Crippen LogP contribution in [0.25, 0.3) is 11.1 Å². The maximum atomic E-state index is 5.89. The van der Waals surface area contributed by atoms with E-state index in [1.165, 1.54) is 35.1 Å². The van der Waals surface area contributed by atoms with E-state index in [0.717, 1.165) is 25.3 Å². The molecule has 0 saturated carbocycles. The Morgan fingerprint density at radius 3 is 2.11 bits per heavy atom. The summed E-state index contributed by atoms with van der Waals surface area (Å²) < 4.78 is 5.89. The molecule has 1 N–H and O–H groups in total. The number of hydrogen-bond acceptors (Lipinski definition) is 3. The van der Waals surface area contributed by atoms with Crippen LogP contribution in [0.3, 0.4) is 0 Å². The molecule has 27 heavy (non-hydrogen) atoms. The van der Waals surface area contributed by atoms with Gasteiger partial charge < -0.3 is 10.1 Å². The van der Waals surface area contributed by atoms with Gasteiger partial charge in [0.15, 0.2) is 0 Å². The summed E-state index contributed by atoms with van der Waals surface area (Å²) in [5.74, 6) is 0.954. The molecule has 1 saturated heterocycles. The van der Waals surface area contributed by atoms with Crippen LogP contribution in [0.4, 0.5) is 0 Å². The highest BCUT2D eigenvalue weighted by Crippen LogP contribution is 2.21. The molecule has 2 heterocycles. The number of hydrogen-bond donors (Lipinski definition) is 1. The number of pyridine rings is 1. The standard InChI is InChI=1S/C23H24N2O.ClH/c1-2-22(25-13-1)17-26-23-9-5-19(6-10-23)16-18-3-7-20(8-4-18)21-11-14-24-15-12-21;/h3-12,14-15,22,25H,1-2,13,16-17H2;1H. The van der Waals surface area contributed by atoms with Crippen molar-refractivity contribution in [3.63, 3.8) is 0 Å². The summed E-state index contributed by atoms with van der Waals surface area (Å²) in [5, 5.41) is 3.46. The second kappa shape index (κ2) is 9.54. The minimum Gasteiger partial charge on any atom is -0.492 e. The molecule has 1 aliphatic rings. The number of aromatic nitrogens is 1.